The van der Waals surface area contributed by atoms with E-state index in [9.17, 15) is 5.11 Å². The van der Waals surface area contributed by atoms with Crippen LogP contribution in [0, 0.1) is 0 Å². The van der Waals surface area contributed by atoms with E-state index in [-0.39, 0.29) is 12.5 Å². The molecule has 1 fully saturated rings. The van der Waals surface area contributed by atoms with Crippen molar-refractivity contribution in [2.75, 3.05) is 37.7 Å². The van der Waals surface area contributed by atoms with Gasteiger partial charge in [0, 0.05) is 50.4 Å². The minimum Gasteiger partial charge on any atom is -0.396 e. The Labute approximate surface area is 116 Å². The molecule has 0 radical (unpaired) electrons. The molecule has 1 aromatic rings. The standard InChI is InChI=1S/C16H26N2O/c1-13(2)17-7-9-18(10-8-17)16-6-4-5-15(11-16)14(3)12-19/h4-6,11,13-14,19H,7-10,12H2,1-3H3. The fraction of sp³-hybridized carbons (Fsp3) is 0.625. The van der Waals surface area contributed by atoms with Gasteiger partial charge < -0.3 is 10.0 Å². The maximum Gasteiger partial charge on any atom is 0.0497 e. The van der Waals surface area contributed by atoms with Crippen LogP contribution in [0.1, 0.15) is 32.3 Å². The summed E-state index contributed by atoms with van der Waals surface area (Å²) in [5.74, 6) is 0.219. The summed E-state index contributed by atoms with van der Waals surface area (Å²) in [5, 5.41) is 9.26. The van der Waals surface area contributed by atoms with Gasteiger partial charge in [-0.3, -0.25) is 4.90 Å². The first kappa shape index (κ1) is 14.4. The molecule has 1 heterocycles. The molecule has 3 heteroatoms. The van der Waals surface area contributed by atoms with Crippen LogP contribution >= 0.6 is 0 Å². The van der Waals surface area contributed by atoms with Crippen LogP contribution in [0.15, 0.2) is 24.3 Å². The number of rotatable bonds is 4. The van der Waals surface area contributed by atoms with Crippen LogP contribution < -0.4 is 4.90 Å². The third-order valence-electron chi connectivity index (χ3n) is 4.12. The van der Waals surface area contributed by atoms with Crippen LogP contribution in [-0.2, 0) is 0 Å². The molecule has 1 aliphatic rings. The monoisotopic (exact) mass is 262 g/mol. The Balaban J connectivity index is 2.03. The number of nitrogens with zero attached hydrogens (tertiary/aromatic N) is 2. The SMILES string of the molecule is CC(CO)c1cccc(N2CCN(C(C)C)CC2)c1. The van der Waals surface area contributed by atoms with Crippen molar-refractivity contribution >= 4 is 5.69 Å². The Bertz CT molecular complexity index is 397. The van der Waals surface area contributed by atoms with Crippen molar-refractivity contribution in [3.05, 3.63) is 29.8 Å². The number of aliphatic hydroxyl groups excluding tert-OH is 1. The Morgan fingerprint density at radius 3 is 2.37 bits per heavy atom. The largest absolute Gasteiger partial charge is 0.396 e. The van der Waals surface area contributed by atoms with Gasteiger partial charge in [0.25, 0.3) is 0 Å². The van der Waals surface area contributed by atoms with Gasteiger partial charge in [0.05, 0.1) is 0 Å². The molecule has 1 unspecified atom stereocenters. The zero-order valence-corrected chi connectivity index (χ0v) is 12.3. The number of hydrogen-bond acceptors (Lipinski definition) is 3. The Hall–Kier alpha value is -1.06. The van der Waals surface area contributed by atoms with E-state index in [0.717, 1.165) is 26.2 Å². The number of benzene rings is 1. The van der Waals surface area contributed by atoms with E-state index < -0.39 is 0 Å². The van der Waals surface area contributed by atoms with Crippen molar-refractivity contribution in [3.8, 4) is 0 Å². The van der Waals surface area contributed by atoms with E-state index in [2.05, 4.69) is 54.8 Å². The van der Waals surface area contributed by atoms with Gasteiger partial charge in [0.1, 0.15) is 0 Å². The lowest BCUT2D eigenvalue weighted by Crippen LogP contribution is -2.48. The molecule has 2 rings (SSSR count). The van der Waals surface area contributed by atoms with Crippen LogP contribution in [0.5, 0.6) is 0 Å². The molecule has 1 saturated heterocycles. The molecule has 1 N–H and O–H groups in total. The van der Waals surface area contributed by atoms with Gasteiger partial charge in [0.2, 0.25) is 0 Å². The molecule has 0 spiro atoms. The zero-order valence-electron chi connectivity index (χ0n) is 12.3. The minimum atomic E-state index is 0.213. The average molecular weight is 262 g/mol. The zero-order chi connectivity index (χ0) is 13.8. The maximum absolute atomic E-state index is 9.26. The normalized spacial score (nSPS) is 18.9. The Morgan fingerprint density at radius 2 is 1.79 bits per heavy atom. The predicted molar refractivity (Wildman–Crippen MR) is 80.9 cm³/mol. The first-order valence-corrected chi connectivity index (χ1v) is 7.31. The third-order valence-corrected chi connectivity index (χ3v) is 4.12. The van der Waals surface area contributed by atoms with E-state index >= 15 is 0 Å². The molecular formula is C16H26N2O. The highest BCUT2D eigenvalue weighted by Gasteiger charge is 2.19. The topological polar surface area (TPSA) is 26.7 Å². The van der Waals surface area contributed by atoms with E-state index in [4.69, 9.17) is 0 Å². The second-order valence-electron chi connectivity index (χ2n) is 5.80. The predicted octanol–water partition coefficient (Wildman–Crippen LogP) is 2.31. The van der Waals surface area contributed by atoms with E-state index in [1.54, 1.807) is 0 Å². The van der Waals surface area contributed by atoms with Gasteiger partial charge in [0.15, 0.2) is 0 Å². The van der Waals surface area contributed by atoms with Crippen molar-refractivity contribution in [2.45, 2.75) is 32.7 Å². The summed E-state index contributed by atoms with van der Waals surface area (Å²) in [4.78, 5) is 4.98. The summed E-state index contributed by atoms with van der Waals surface area (Å²) in [5.41, 5.74) is 2.52. The van der Waals surface area contributed by atoms with E-state index in [0.29, 0.717) is 6.04 Å². The second kappa shape index (κ2) is 6.40. The quantitative estimate of drug-likeness (QED) is 0.902. The van der Waals surface area contributed by atoms with E-state index in [1.807, 2.05) is 0 Å². The molecule has 1 atom stereocenters. The maximum atomic E-state index is 9.26. The van der Waals surface area contributed by atoms with Gasteiger partial charge >= 0.3 is 0 Å². The lowest BCUT2D eigenvalue weighted by molar-refractivity contribution is 0.209. The molecular weight excluding hydrogens is 236 g/mol. The summed E-state index contributed by atoms with van der Waals surface area (Å²) in [7, 11) is 0. The van der Waals surface area contributed by atoms with Crippen molar-refractivity contribution in [1.82, 2.24) is 4.90 Å². The fourth-order valence-electron chi connectivity index (χ4n) is 2.63. The lowest BCUT2D eigenvalue weighted by Gasteiger charge is -2.38. The van der Waals surface area contributed by atoms with Crippen LogP contribution in [-0.4, -0.2) is 48.8 Å². The Kier molecular flexibility index (Phi) is 4.83. The van der Waals surface area contributed by atoms with Crippen LogP contribution in [0.3, 0.4) is 0 Å². The number of aliphatic hydroxyl groups is 1. The average Bonchev–Trinajstić information content (AvgIpc) is 2.46. The van der Waals surface area contributed by atoms with Crippen molar-refractivity contribution < 1.29 is 5.11 Å². The van der Waals surface area contributed by atoms with Crippen LogP contribution in [0.2, 0.25) is 0 Å². The molecule has 1 aromatic carbocycles. The molecule has 1 aliphatic heterocycles. The van der Waals surface area contributed by atoms with Crippen molar-refractivity contribution in [2.24, 2.45) is 0 Å². The van der Waals surface area contributed by atoms with Crippen molar-refractivity contribution in [3.63, 3.8) is 0 Å². The van der Waals surface area contributed by atoms with Gasteiger partial charge in [-0.1, -0.05) is 19.1 Å². The lowest BCUT2D eigenvalue weighted by atomic mass is 10.0. The number of piperazine rings is 1. The third kappa shape index (κ3) is 3.48. The highest BCUT2D eigenvalue weighted by atomic mass is 16.3. The number of hydrogen-bond donors (Lipinski definition) is 1. The number of anilines is 1. The minimum absolute atomic E-state index is 0.213. The summed E-state index contributed by atoms with van der Waals surface area (Å²) < 4.78 is 0. The molecule has 0 amide bonds. The summed E-state index contributed by atoms with van der Waals surface area (Å²) in [6.07, 6.45) is 0. The molecule has 3 nitrogen and oxygen atoms in total. The van der Waals surface area contributed by atoms with Gasteiger partial charge in [-0.15, -0.1) is 0 Å². The van der Waals surface area contributed by atoms with Gasteiger partial charge in [-0.25, -0.2) is 0 Å². The van der Waals surface area contributed by atoms with E-state index in [1.165, 1.54) is 11.3 Å². The smallest absolute Gasteiger partial charge is 0.0497 e. The van der Waals surface area contributed by atoms with Crippen LogP contribution in [0.4, 0.5) is 5.69 Å². The second-order valence-corrected chi connectivity index (χ2v) is 5.80. The summed E-state index contributed by atoms with van der Waals surface area (Å²) in [6.45, 7) is 11.3. The molecule has 0 bridgehead atoms. The highest BCUT2D eigenvalue weighted by molar-refractivity contribution is 5.49. The summed E-state index contributed by atoms with van der Waals surface area (Å²) in [6, 6.07) is 9.26. The van der Waals surface area contributed by atoms with Crippen LogP contribution in [0.25, 0.3) is 0 Å². The first-order valence-electron chi connectivity index (χ1n) is 7.31. The van der Waals surface area contributed by atoms with Gasteiger partial charge in [-0.05, 0) is 31.5 Å². The molecule has 19 heavy (non-hydrogen) atoms. The highest BCUT2D eigenvalue weighted by Crippen LogP contribution is 2.23. The summed E-state index contributed by atoms with van der Waals surface area (Å²) >= 11 is 0. The van der Waals surface area contributed by atoms with Gasteiger partial charge in [-0.2, -0.15) is 0 Å². The fourth-order valence-corrected chi connectivity index (χ4v) is 2.63. The molecule has 106 valence electrons. The van der Waals surface area contributed by atoms with Crippen molar-refractivity contribution in [1.29, 1.82) is 0 Å². The molecule has 0 saturated carbocycles. The Morgan fingerprint density at radius 1 is 1.11 bits per heavy atom. The molecule has 0 aliphatic carbocycles. The molecule has 0 aromatic heterocycles. The first-order chi connectivity index (χ1) is 9.11.